The van der Waals surface area contributed by atoms with Crippen LogP contribution in [-0.2, 0) is 0 Å². The number of hydrogen-bond acceptors (Lipinski definition) is 2. The van der Waals surface area contributed by atoms with E-state index < -0.39 is 0 Å². The predicted octanol–water partition coefficient (Wildman–Crippen LogP) is 6.86. The van der Waals surface area contributed by atoms with E-state index in [1.165, 1.54) is 63.4 Å². The van der Waals surface area contributed by atoms with E-state index in [1.807, 2.05) is 24.3 Å². The Morgan fingerprint density at radius 3 is 2.35 bits per heavy atom. The van der Waals surface area contributed by atoms with Crippen molar-refractivity contribution in [3.8, 4) is 17.3 Å². The van der Waals surface area contributed by atoms with E-state index in [0.717, 1.165) is 17.2 Å². The fourth-order valence-electron chi connectivity index (χ4n) is 4.18. The van der Waals surface area contributed by atoms with Gasteiger partial charge < -0.3 is 0 Å². The summed E-state index contributed by atoms with van der Waals surface area (Å²) in [4.78, 5) is 4.69. The highest BCUT2D eigenvalue weighted by Gasteiger charge is 2.22. The van der Waals surface area contributed by atoms with Crippen molar-refractivity contribution in [1.82, 2.24) is 4.98 Å². The highest BCUT2D eigenvalue weighted by Crippen LogP contribution is 2.37. The maximum atomic E-state index is 8.90. The highest BCUT2D eigenvalue weighted by atomic mass is 14.7. The molecule has 136 valence electrons. The maximum Gasteiger partial charge on any atom is 0.0991 e. The van der Waals surface area contributed by atoms with Crippen LogP contribution in [0.1, 0.15) is 81.8 Å². The van der Waals surface area contributed by atoms with E-state index in [1.54, 1.807) is 0 Å². The minimum absolute atomic E-state index is 0.685. The van der Waals surface area contributed by atoms with Crippen molar-refractivity contribution in [1.29, 1.82) is 5.26 Å². The molecule has 26 heavy (non-hydrogen) atoms. The first-order valence-corrected chi connectivity index (χ1v) is 10.3. The largest absolute Gasteiger partial charge is 0.256 e. The number of nitriles is 1. The van der Waals surface area contributed by atoms with Gasteiger partial charge in [0.25, 0.3) is 0 Å². The third kappa shape index (κ3) is 4.94. The van der Waals surface area contributed by atoms with Crippen LogP contribution in [-0.4, -0.2) is 4.98 Å². The van der Waals surface area contributed by atoms with Crippen LogP contribution in [0.4, 0.5) is 0 Å². The molecule has 2 nitrogen and oxygen atoms in total. The first-order valence-electron chi connectivity index (χ1n) is 10.3. The van der Waals surface area contributed by atoms with Gasteiger partial charge in [0.05, 0.1) is 17.3 Å². The lowest BCUT2D eigenvalue weighted by molar-refractivity contribution is 0.302. The quantitative estimate of drug-likeness (QED) is 0.513. The van der Waals surface area contributed by atoms with Crippen LogP contribution in [0.2, 0.25) is 0 Å². The summed E-state index contributed by atoms with van der Waals surface area (Å²) in [5.74, 6) is 1.64. The Morgan fingerprint density at radius 2 is 1.73 bits per heavy atom. The summed E-state index contributed by atoms with van der Waals surface area (Å²) in [6, 6.07) is 14.2. The fraction of sp³-hybridized carbons (Fsp3) is 0.500. The van der Waals surface area contributed by atoms with Gasteiger partial charge in [-0.3, -0.25) is 4.98 Å². The first-order chi connectivity index (χ1) is 12.8. The number of rotatable bonds is 7. The molecule has 0 bridgehead atoms. The summed E-state index contributed by atoms with van der Waals surface area (Å²) in [5, 5.41) is 8.90. The van der Waals surface area contributed by atoms with Gasteiger partial charge >= 0.3 is 0 Å². The molecule has 1 aliphatic rings. The molecule has 1 aromatic heterocycles. The Hall–Kier alpha value is -2.14. The lowest BCUT2D eigenvalue weighted by Gasteiger charge is -2.28. The number of aromatic nitrogens is 1. The smallest absolute Gasteiger partial charge is 0.0991 e. The lowest BCUT2D eigenvalue weighted by atomic mass is 9.77. The highest BCUT2D eigenvalue weighted by molar-refractivity contribution is 5.60. The Kier molecular flexibility index (Phi) is 6.83. The molecule has 0 saturated heterocycles. The van der Waals surface area contributed by atoms with Crippen LogP contribution in [0, 0.1) is 17.2 Å². The van der Waals surface area contributed by atoms with Crippen LogP contribution < -0.4 is 0 Å². The molecule has 1 saturated carbocycles. The first kappa shape index (κ1) is 18.6. The van der Waals surface area contributed by atoms with Gasteiger partial charge in [0.15, 0.2) is 0 Å². The van der Waals surface area contributed by atoms with Crippen molar-refractivity contribution < 1.29 is 0 Å². The molecule has 1 fully saturated rings. The van der Waals surface area contributed by atoms with Crippen molar-refractivity contribution >= 4 is 0 Å². The van der Waals surface area contributed by atoms with E-state index >= 15 is 0 Å². The van der Waals surface area contributed by atoms with Crippen LogP contribution in [0.25, 0.3) is 11.3 Å². The molecule has 1 aliphatic carbocycles. The summed E-state index contributed by atoms with van der Waals surface area (Å²) in [5.41, 5.74) is 4.15. The van der Waals surface area contributed by atoms with Gasteiger partial charge in [-0.1, -0.05) is 57.2 Å². The number of hydrogen-bond donors (Lipinski definition) is 0. The van der Waals surface area contributed by atoms with Crippen molar-refractivity contribution in [3.05, 3.63) is 53.7 Å². The minimum atomic E-state index is 0.685. The molecule has 2 aromatic rings. The Morgan fingerprint density at radius 1 is 0.962 bits per heavy atom. The summed E-state index contributed by atoms with van der Waals surface area (Å²) in [7, 11) is 0. The SMILES string of the molecule is CCCCCCC1CCC(c2ccc(-c3ccc(C#N)cc3)nc2)CC1. The van der Waals surface area contributed by atoms with E-state index in [2.05, 4.69) is 36.3 Å². The van der Waals surface area contributed by atoms with Crippen LogP contribution in [0.15, 0.2) is 42.6 Å². The van der Waals surface area contributed by atoms with Crippen molar-refractivity contribution in [2.24, 2.45) is 5.92 Å². The second kappa shape index (κ2) is 9.53. The second-order valence-electron chi connectivity index (χ2n) is 7.73. The minimum Gasteiger partial charge on any atom is -0.256 e. The van der Waals surface area contributed by atoms with Gasteiger partial charge in [0.2, 0.25) is 0 Å². The molecule has 3 rings (SSSR count). The molecule has 0 atom stereocenters. The molecule has 0 spiro atoms. The number of unbranched alkanes of at least 4 members (excludes halogenated alkanes) is 3. The molecule has 0 aliphatic heterocycles. The molecule has 2 heteroatoms. The molecule has 1 heterocycles. The second-order valence-corrected chi connectivity index (χ2v) is 7.73. The molecule has 0 N–H and O–H groups in total. The summed E-state index contributed by atoms with van der Waals surface area (Å²) < 4.78 is 0. The molecule has 0 radical (unpaired) electrons. The van der Waals surface area contributed by atoms with Crippen molar-refractivity contribution in [3.63, 3.8) is 0 Å². The Bertz CT molecular complexity index is 701. The normalized spacial score (nSPS) is 19.8. The topological polar surface area (TPSA) is 36.7 Å². The van der Waals surface area contributed by atoms with Gasteiger partial charge in [-0.15, -0.1) is 0 Å². The van der Waals surface area contributed by atoms with E-state index in [4.69, 9.17) is 5.26 Å². The van der Waals surface area contributed by atoms with E-state index in [9.17, 15) is 0 Å². The molecular weight excluding hydrogens is 316 g/mol. The fourth-order valence-corrected chi connectivity index (χ4v) is 4.18. The van der Waals surface area contributed by atoms with Gasteiger partial charge in [-0.05, 0) is 61.3 Å². The van der Waals surface area contributed by atoms with Crippen LogP contribution in [0.3, 0.4) is 0 Å². The van der Waals surface area contributed by atoms with Gasteiger partial charge in [0.1, 0.15) is 0 Å². The molecule has 0 amide bonds. The number of nitrogens with zero attached hydrogens (tertiary/aromatic N) is 2. The van der Waals surface area contributed by atoms with Crippen molar-refractivity contribution in [2.75, 3.05) is 0 Å². The zero-order valence-corrected chi connectivity index (χ0v) is 16.0. The standard InChI is InChI=1S/C24H30N2/c1-2-3-4-5-6-19-7-11-21(12-8-19)23-15-16-24(26-18-23)22-13-9-20(17-25)10-14-22/h9-10,13-16,18-19,21H,2-8,11-12H2,1H3. The Labute approximate surface area is 158 Å². The number of pyridine rings is 1. The molecular formula is C24H30N2. The zero-order chi connectivity index (χ0) is 18.2. The van der Waals surface area contributed by atoms with Gasteiger partial charge in [0, 0.05) is 11.8 Å². The van der Waals surface area contributed by atoms with Gasteiger partial charge in [-0.2, -0.15) is 5.26 Å². The maximum absolute atomic E-state index is 8.90. The monoisotopic (exact) mass is 346 g/mol. The average Bonchev–Trinajstić information content (AvgIpc) is 2.72. The summed E-state index contributed by atoms with van der Waals surface area (Å²) >= 11 is 0. The third-order valence-electron chi connectivity index (χ3n) is 5.88. The van der Waals surface area contributed by atoms with Crippen molar-refractivity contribution in [2.45, 2.75) is 70.6 Å². The zero-order valence-electron chi connectivity index (χ0n) is 16.0. The van der Waals surface area contributed by atoms with Gasteiger partial charge in [-0.25, -0.2) is 0 Å². The predicted molar refractivity (Wildman–Crippen MR) is 108 cm³/mol. The Balaban J connectivity index is 1.52. The third-order valence-corrected chi connectivity index (χ3v) is 5.88. The van der Waals surface area contributed by atoms with E-state index in [0.29, 0.717) is 11.5 Å². The lowest BCUT2D eigenvalue weighted by Crippen LogP contribution is -2.13. The summed E-state index contributed by atoms with van der Waals surface area (Å²) in [6.07, 6.45) is 14.5. The van der Waals surface area contributed by atoms with Crippen LogP contribution in [0.5, 0.6) is 0 Å². The summed E-state index contributed by atoms with van der Waals surface area (Å²) in [6.45, 7) is 2.28. The average molecular weight is 347 g/mol. The molecule has 1 aromatic carbocycles. The van der Waals surface area contributed by atoms with Crippen LogP contribution >= 0.6 is 0 Å². The van der Waals surface area contributed by atoms with E-state index in [-0.39, 0.29) is 0 Å². The number of benzene rings is 1. The molecule has 0 unspecified atom stereocenters.